The van der Waals surface area contributed by atoms with Gasteiger partial charge in [-0.25, -0.2) is 9.97 Å². The molecule has 1 unspecified atom stereocenters. The number of pyridine rings is 1. The second kappa shape index (κ2) is 17.8. The van der Waals surface area contributed by atoms with Gasteiger partial charge in [-0.2, -0.15) is 0 Å². The number of benzene rings is 1. The highest BCUT2D eigenvalue weighted by Gasteiger charge is 2.53. The van der Waals surface area contributed by atoms with Crippen LogP contribution in [0.2, 0.25) is 0 Å². The summed E-state index contributed by atoms with van der Waals surface area (Å²) in [5.74, 6) is 0.221. The van der Waals surface area contributed by atoms with Crippen LogP contribution < -0.4 is 26.2 Å². The first-order chi connectivity index (χ1) is 28.8. The third-order valence-electron chi connectivity index (χ3n) is 13.6. The van der Waals surface area contributed by atoms with Crippen LogP contribution in [0, 0.1) is 23.2 Å². The van der Waals surface area contributed by atoms with Gasteiger partial charge in [0.15, 0.2) is 0 Å². The average molecular weight is 854 g/mol. The molecule has 14 heteroatoms. The zero-order chi connectivity index (χ0) is 43.9. The molecule has 7 rings (SSSR count). The molecule has 2 saturated carbocycles. The van der Waals surface area contributed by atoms with Gasteiger partial charge in [-0.05, 0) is 85.5 Å². The molecule has 1 aromatic carbocycles. The van der Waals surface area contributed by atoms with Gasteiger partial charge in [0.2, 0.25) is 17.7 Å². The van der Waals surface area contributed by atoms with Gasteiger partial charge >= 0.3 is 0 Å². The zero-order valence-electron chi connectivity index (χ0n) is 37.6. The van der Waals surface area contributed by atoms with E-state index in [1.165, 1.54) is 0 Å². The van der Waals surface area contributed by atoms with E-state index < -0.39 is 17.5 Å². The van der Waals surface area contributed by atoms with E-state index in [1.54, 1.807) is 22.4 Å². The molecule has 3 atom stereocenters. The number of nitrogens with zero attached hydrogens (tertiary/aromatic N) is 5. The van der Waals surface area contributed by atoms with Gasteiger partial charge < -0.3 is 31.1 Å². The molecular weight excluding hydrogens is 787 g/mol. The maximum absolute atomic E-state index is 14.1. The van der Waals surface area contributed by atoms with E-state index in [1.807, 2.05) is 64.4 Å². The number of rotatable bonds is 13. The average Bonchev–Trinajstić information content (AvgIpc) is 3.87. The van der Waals surface area contributed by atoms with E-state index in [2.05, 4.69) is 80.9 Å². The highest BCUT2D eigenvalue weighted by Crippen LogP contribution is 2.53. The molecule has 2 saturated heterocycles. The minimum Gasteiger partial charge on any atom is -0.354 e. The third kappa shape index (κ3) is 9.97. The predicted molar refractivity (Wildman–Crippen MR) is 241 cm³/mol. The lowest BCUT2D eigenvalue weighted by Crippen LogP contribution is -2.63. The van der Waals surface area contributed by atoms with Crippen molar-refractivity contribution in [3.63, 3.8) is 0 Å². The molecule has 0 spiro atoms. The van der Waals surface area contributed by atoms with Crippen LogP contribution in [0.1, 0.15) is 115 Å². The lowest BCUT2D eigenvalue weighted by atomic mass is 9.52. The van der Waals surface area contributed by atoms with Crippen LogP contribution in [-0.4, -0.2) is 113 Å². The molecule has 2 aromatic heterocycles. The summed E-state index contributed by atoms with van der Waals surface area (Å²) in [6, 6.07) is 11.3. The summed E-state index contributed by atoms with van der Waals surface area (Å²) in [7, 11) is 0. The Bertz CT molecular complexity index is 2030. The number of anilines is 1. The summed E-state index contributed by atoms with van der Waals surface area (Å²) in [5, 5.41) is 12.9. The topological polar surface area (TPSA) is 152 Å². The Morgan fingerprint density at radius 3 is 2.18 bits per heavy atom. The smallest absolute Gasteiger partial charge is 0.253 e. The van der Waals surface area contributed by atoms with E-state index in [-0.39, 0.29) is 59.1 Å². The number of carbonyl (C=O) groups is 4. The summed E-state index contributed by atoms with van der Waals surface area (Å²) < 4.78 is 0. The first-order valence-corrected chi connectivity index (χ1v) is 23.1. The molecule has 4 heterocycles. The fourth-order valence-corrected chi connectivity index (χ4v) is 11.3. The quantitative estimate of drug-likeness (QED) is 0.170. The maximum atomic E-state index is 14.1. The van der Waals surface area contributed by atoms with E-state index in [9.17, 15) is 19.2 Å². The summed E-state index contributed by atoms with van der Waals surface area (Å²) >= 11 is 1.61. The van der Waals surface area contributed by atoms with Gasteiger partial charge in [0.05, 0.1) is 34.2 Å². The number of likely N-dealkylation sites (tertiary alicyclic amines) is 1. The molecule has 0 bridgehead atoms. The fraction of sp³-hybridized carbons (Fsp3) is 0.617. The monoisotopic (exact) mass is 854 g/mol. The highest BCUT2D eigenvalue weighted by molar-refractivity contribution is 7.13. The molecule has 13 nitrogen and oxygen atoms in total. The van der Waals surface area contributed by atoms with E-state index in [4.69, 9.17) is 0 Å². The Hall–Kier alpha value is -4.40. The number of carbonyl (C=O) groups excluding carboxylic acids is 4. The molecular formula is C47H67N9O4S. The van der Waals surface area contributed by atoms with E-state index in [0.29, 0.717) is 24.6 Å². The van der Waals surface area contributed by atoms with Crippen molar-refractivity contribution in [3.05, 3.63) is 64.9 Å². The second-order valence-electron chi connectivity index (χ2n) is 20.4. The Morgan fingerprint density at radius 2 is 1.59 bits per heavy atom. The number of piperazine rings is 1. The first kappa shape index (κ1) is 44.6. The standard InChI is InChI=1S/C47H67N9O4S/c1-29(31-12-14-32(15-13-31)39-30(2)50-28-61-39)51-42(59)36-11-10-18-56(36)43(60)40(45(3,4)5)52-38(57)26-48-34-23-35(24-34)54-19-21-55(22-20-54)37-17-16-33(25-49-37)41(58)53-44-46(6,7)27-47(44,8)9/h12-17,25,28-29,34-36,40,44,48H,10-11,18-24,26-27H2,1-9H3,(H,51,59)(H,52,57)(H,53,58)/t29-,34-,35+,36-,40?/m0/s1. The van der Waals surface area contributed by atoms with Gasteiger partial charge in [-0.15, -0.1) is 11.3 Å². The SMILES string of the molecule is Cc1ncsc1-c1ccc([C@H](C)NC(=O)[C@@H]2CCCN2C(=O)C(NC(=O)CN[C@H]2C[C@@H](N3CCN(c4ccc(C(=O)NC5C(C)(C)CC5(C)C)cn4)CC3)C2)C(C)(C)C)cc1. The molecule has 4 N–H and O–H groups in total. The maximum Gasteiger partial charge on any atom is 0.253 e. The predicted octanol–water partition coefficient (Wildman–Crippen LogP) is 5.71. The molecule has 330 valence electrons. The van der Waals surface area contributed by atoms with Crippen molar-refractivity contribution in [2.24, 2.45) is 16.2 Å². The molecule has 0 radical (unpaired) electrons. The number of amides is 4. The summed E-state index contributed by atoms with van der Waals surface area (Å²) in [4.78, 5) is 70.8. The molecule has 3 aromatic rings. The summed E-state index contributed by atoms with van der Waals surface area (Å²) in [6.45, 7) is 22.8. The Balaban J connectivity index is 0.831. The number of thiazole rings is 1. The number of aryl methyl sites for hydroxylation is 1. The zero-order valence-corrected chi connectivity index (χ0v) is 38.5. The Labute approximate surface area is 366 Å². The van der Waals surface area contributed by atoms with Gasteiger partial charge in [0.1, 0.15) is 17.9 Å². The summed E-state index contributed by atoms with van der Waals surface area (Å²) in [6.07, 6.45) is 6.02. The van der Waals surface area contributed by atoms with Crippen LogP contribution in [-0.2, 0) is 14.4 Å². The second-order valence-corrected chi connectivity index (χ2v) is 21.2. The lowest BCUT2D eigenvalue weighted by Gasteiger charge is -2.57. The van der Waals surface area contributed by atoms with Crippen molar-refractivity contribution in [1.29, 1.82) is 0 Å². The third-order valence-corrected chi connectivity index (χ3v) is 14.6. The number of aromatic nitrogens is 2. The normalized spacial score (nSPS) is 23.7. The van der Waals surface area contributed by atoms with Crippen molar-refractivity contribution < 1.29 is 19.2 Å². The molecule has 2 aliphatic carbocycles. The lowest BCUT2D eigenvalue weighted by molar-refractivity contribution is -0.144. The van der Waals surface area contributed by atoms with Gasteiger partial charge in [0, 0.05) is 57.0 Å². The largest absolute Gasteiger partial charge is 0.354 e. The van der Waals surface area contributed by atoms with Gasteiger partial charge in [-0.3, -0.25) is 24.1 Å². The summed E-state index contributed by atoms with van der Waals surface area (Å²) in [5.41, 5.74) is 5.15. The molecule has 4 amide bonds. The Kier molecular flexibility index (Phi) is 13.0. The van der Waals surface area contributed by atoms with Crippen LogP contribution in [0.3, 0.4) is 0 Å². The van der Waals surface area contributed by atoms with Gasteiger partial charge in [0.25, 0.3) is 5.91 Å². The molecule has 4 aliphatic rings. The van der Waals surface area contributed by atoms with Crippen molar-refractivity contribution in [2.75, 3.05) is 44.2 Å². The van der Waals surface area contributed by atoms with Crippen molar-refractivity contribution in [1.82, 2.24) is 41.0 Å². The van der Waals surface area contributed by atoms with Crippen LogP contribution in [0.25, 0.3) is 10.4 Å². The minimum atomic E-state index is -0.768. The molecule has 2 aliphatic heterocycles. The van der Waals surface area contributed by atoms with Crippen LogP contribution in [0.4, 0.5) is 5.82 Å². The van der Waals surface area contributed by atoms with Crippen molar-refractivity contribution in [2.45, 2.75) is 131 Å². The van der Waals surface area contributed by atoms with E-state index in [0.717, 1.165) is 79.4 Å². The van der Waals surface area contributed by atoms with Crippen molar-refractivity contribution in [3.8, 4) is 10.4 Å². The molecule has 61 heavy (non-hydrogen) atoms. The van der Waals surface area contributed by atoms with Crippen LogP contribution in [0.15, 0.2) is 48.1 Å². The molecule has 4 fully saturated rings. The first-order valence-electron chi connectivity index (χ1n) is 22.2. The minimum absolute atomic E-state index is 0.0631. The van der Waals surface area contributed by atoms with Crippen LogP contribution in [0.5, 0.6) is 0 Å². The van der Waals surface area contributed by atoms with E-state index >= 15 is 0 Å². The van der Waals surface area contributed by atoms with Crippen LogP contribution >= 0.6 is 11.3 Å². The highest BCUT2D eigenvalue weighted by atomic mass is 32.1. The number of hydrogen-bond donors (Lipinski definition) is 4. The number of nitrogens with one attached hydrogen (secondary N) is 4. The number of hydrogen-bond acceptors (Lipinski definition) is 10. The Morgan fingerprint density at radius 1 is 0.902 bits per heavy atom. The fourth-order valence-electron chi connectivity index (χ4n) is 10.4. The van der Waals surface area contributed by atoms with Gasteiger partial charge in [-0.1, -0.05) is 72.7 Å². The van der Waals surface area contributed by atoms with Crippen molar-refractivity contribution >= 4 is 40.8 Å².